The first-order valence-corrected chi connectivity index (χ1v) is 10.8. The minimum absolute atomic E-state index is 0.0747. The van der Waals surface area contributed by atoms with Gasteiger partial charge in [0.15, 0.2) is 11.6 Å². The van der Waals surface area contributed by atoms with Crippen LogP contribution in [0.1, 0.15) is 61.9 Å². The number of nitrogens with zero attached hydrogens (tertiary/aromatic N) is 3. The lowest BCUT2D eigenvalue weighted by Crippen LogP contribution is -2.50. The van der Waals surface area contributed by atoms with Gasteiger partial charge in [0.2, 0.25) is 0 Å². The Kier molecular flexibility index (Phi) is 5.73. The largest absolute Gasteiger partial charge is 0.368 e. The van der Waals surface area contributed by atoms with Gasteiger partial charge in [0.25, 0.3) is 5.91 Å². The van der Waals surface area contributed by atoms with Crippen molar-refractivity contribution in [2.45, 2.75) is 57.6 Å². The predicted octanol–water partition coefficient (Wildman–Crippen LogP) is 4.61. The van der Waals surface area contributed by atoms with E-state index in [4.69, 9.17) is 4.74 Å². The summed E-state index contributed by atoms with van der Waals surface area (Å²) in [7, 11) is 0. The summed E-state index contributed by atoms with van der Waals surface area (Å²) < 4.78 is 35.2. The van der Waals surface area contributed by atoms with Crippen LogP contribution in [0, 0.1) is 11.6 Å². The smallest absolute Gasteiger partial charge is 0.257 e. The number of morpholine rings is 1. The van der Waals surface area contributed by atoms with Crippen LogP contribution < -0.4 is 0 Å². The van der Waals surface area contributed by atoms with Crippen LogP contribution in [0.5, 0.6) is 0 Å². The molecule has 2 heterocycles. The summed E-state index contributed by atoms with van der Waals surface area (Å²) in [6, 6.07) is 2.96. The molecule has 0 spiro atoms. The number of allylic oxidation sites excluding steroid dienone is 2. The lowest BCUT2D eigenvalue weighted by atomic mass is 9.99. The SMILES string of the molecule is C=C(C)/C=C(/[C@@H]1CN(C(=O)c2ccc(C3CC3)c(F)c2F)CCO1)N1N=CCC1(C)C. The number of halogens is 2. The van der Waals surface area contributed by atoms with E-state index in [1.54, 1.807) is 6.07 Å². The molecule has 7 heteroatoms. The van der Waals surface area contributed by atoms with Crippen LogP contribution in [-0.2, 0) is 4.74 Å². The summed E-state index contributed by atoms with van der Waals surface area (Å²) in [6.07, 6.45) is 5.84. The maximum absolute atomic E-state index is 14.7. The molecule has 1 aromatic carbocycles. The normalized spacial score (nSPS) is 23.4. The standard InChI is InChI=1S/C24H29F2N3O2/c1-15(2)13-19(29-24(3,4)9-10-27-29)20-14-28(11-12-31-20)23(30)18-8-7-17(16-5-6-16)21(25)22(18)26/h7-8,10,13,16,20H,1,5-6,9,11-12,14H2,2-4H3/b19-13-/t20-/m0/s1. The molecule has 0 radical (unpaired) electrons. The number of amides is 1. The number of carbonyl (C=O) groups is 1. The molecule has 1 aromatic rings. The van der Waals surface area contributed by atoms with E-state index < -0.39 is 23.6 Å². The Balaban J connectivity index is 1.57. The highest BCUT2D eigenvalue weighted by Crippen LogP contribution is 2.42. The van der Waals surface area contributed by atoms with Crippen molar-refractivity contribution in [3.8, 4) is 0 Å². The predicted molar refractivity (Wildman–Crippen MR) is 116 cm³/mol. The van der Waals surface area contributed by atoms with E-state index >= 15 is 0 Å². The van der Waals surface area contributed by atoms with Gasteiger partial charge in [-0.25, -0.2) is 8.78 Å². The molecule has 0 aromatic heterocycles. The Labute approximate surface area is 182 Å². The number of ether oxygens (including phenoxy) is 1. The highest BCUT2D eigenvalue weighted by atomic mass is 19.2. The van der Waals surface area contributed by atoms with E-state index in [-0.39, 0.29) is 23.6 Å². The molecule has 3 aliphatic rings. The van der Waals surface area contributed by atoms with Crippen molar-refractivity contribution in [1.82, 2.24) is 9.91 Å². The Morgan fingerprint density at radius 1 is 1.29 bits per heavy atom. The molecule has 1 saturated heterocycles. The Morgan fingerprint density at radius 2 is 2.03 bits per heavy atom. The van der Waals surface area contributed by atoms with Gasteiger partial charge in [0.1, 0.15) is 6.10 Å². The molecule has 4 rings (SSSR count). The average Bonchev–Trinajstić information content (AvgIpc) is 3.50. The second-order valence-electron chi connectivity index (χ2n) is 9.26. The zero-order chi connectivity index (χ0) is 22.3. The Morgan fingerprint density at radius 3 is 2.65 bits per heavy atom. The van der Waals surface area contributed by atoms with Gasteiger partial charge in [-0.15, -0.1) is 0 Å². The Bertz CT molecular complexity index is 966. The van der Waals surface area contributed by atoms with Gasteiger partial charge >= 0.3 is 0 Å². The fourth-order valence-electron chi connectivity index (χ4n) is 4.17. The number of hydrogen-bond acceptors (Lipinski definition) is 4. The van der Waals surface area contributed by atoms with E-state index in [2.05, 4.69) is 25.5 Å². The molecule has 166 valence electrons. The topological polar surface area (TPSA) is 45.1 Å². The molecule has 0 N–H and O–H groups in total. The van der Waals surface area contributed by atoms with Crippen molar-refractivity contribution >= 4 is 12.1 Å². The van der Waals surface area contributed by atoms with Gasteiger partial charge in [-0.1, -0.05) is 18.2 Å². The number of rotatable bonds is 5. The quantitative estimate of drug-likeness (QED) is 0.642. The number of carbonyl (C=O) groups excluding carboxylic acids is 1. The van der Waals surface area contributed by atoms with Crippen molar-refractivity contribution < 1.29 is 18.3 Å². The van der Waals surface area contributed by atoms with Gasteiger partial charge < -0.3 is 9.64 Å². The molecule has 1 saturated carbocycles. The van der Waals surface area contributed by atoms with Gasteiger partial charge in [-0.2, -0.15) is 5.10 Å². The number of hydrazone groups is 1. The third kappa shape index (κ3) is 4.28. The monoisotopic (exact) mass is 429 g/mol. The summed E-state index contributed by atoms with van der Waals surface area (Å²) in [5.74, 6) is -2.40. The fraction of sp³-hybridized carbons (Fsp3) is 0.500. The van der Waals surface area contributed by atoms with E-state index in [9.17, 15) is 13.6 Å². The molecular weight excluding hydrogens is 400 g/mol. The van der Waals surface area contributed by atoms with Crippen LogP contribution in [0.2, 0.25) is 0 Å². The second-order valence-corrected chi connectivity index (χ2v) is 9.26. The lowest BCUT2D eigenvalue weighted by molar-refractivity contribution is -0.0220. The third-order valence-electron chi connectivity index (χ3n) is 6.04. The van der Waals surface area contributed by atoms with Crippen LogP contribution in [0.4, 0.5) is 8.78 Å². The number of benzene rings is 1. The molecule has 1 aliphatic carbocycles. The van der Waals surface area contributed by atoms with Crippen LogP contribution in [0.3, 0.4) is 0 Å². The minimum Gasteiger partial charge on any atom is -0.368 e. The molecule has 5 nitrogen and oxygen atoms in total. The maximum atomic E-state index is 14.7. The lowest BCUT2D eigenvalue weighted by Gasteiger charge is -2.40. The molecule has 2 fully saturated rings. The van der Waals surface area contributed by atoms with Crippen molar-refractivity contribution in [2.24, 2.45) is 5.10 Å². The van der Waals surface area contributed by atoms with E-state index in [0.717, 1.165) is 30.5 Å². The summed E-state index contributed by atoms with van der Waals surface area (Å²) in [4.78, 5) is 14.6. The molecule has 2 aliphatic heterocycles. The van der Waals surface area contributed by atoms with Gasteiger partial charge in [-0.05, 0) is 57.2 Å². The van der Waals surface area contributed by atoms with Crippen LogP contribution >= 0.6 is 0 Å². The average molecular weight is 430 g/mol. The van der Waals surface area contributed by atoms with Crippen molar-refractivity contribution in [2.75, 3.05) is 19.7 Å². The minimum atomic E-state index is -1.06. The Hall–Kier alpha value is -2.54. The number of hydrogen-bond donors (Lipinski definition) is 0. The molecular formula is C24H29F2N3O2. The van der Waals surface area contributed by atoms with E-state index in [1.807, 2.05) is 24.2 Å². The molecule has 1 amide bonds. The molecule has 0 bridgehead atoms. The molecule has 31 heavy (non-hydrogen) atoms. The molecule has 0 unspecified atom stereocenters. The first kappa shape index (κ1) is 21.7. The summed E-state index contributed by atoms with van der Waals surface area (Å²) in [6.45, 7) is 10.9. The summed E-state index contributed by atoms with van der Waals surface area (Å²) in [5, 5.41) is 6.42. The highest BCUT2D eigenvalue weighted by Gasteiger charge is 2.38. The zero-order valence-electron chi connectivity index (χ0n) is 18.3. The van der Waals surface area contributed by atoms with Crippen LogP contribution in [-0.4, -0.2) is 53.4 Å². The maximum Gasteiger partial charge on any atom is 0.257 e. The van der Waals surface area contributed by atoms with Crippen molar-refractivity contribution in [3.05, 3.63) is 58.8 Å². The van der Waals surface area contributed by atoms with E-state index in [0.29, 0.717) is 18.7 Å². The van der Waals surface area contributed by atoms with Crippen molar-refractivity contribution in [3.63, 3.8) is 0 Å². The molecule has 1 atom stereocenters. The zero-order valence-corrected chi connectivity index (χ0v) is 18.3. The van der Waals surface area contributed by atoms with Gasteiger partial charge in [0.05, 0.1) is 30.0 Å². The van der Waals surface area contributed by atoms with Crippen molar-refractivity contribution in [1.29, 1.82) is 0 Å². The van der Waals surface area contributed by atoms with Crippen LogP contribution in [0.25, 0.3) is 0 Å². The first-order chi connectivity index (χ1) is 14.7. The van der Waals surface area contributed by atoms with E-state index in [1.165, 1.54) is 11.0 Å². The van der Waals surface area contributed by atoms with Gasteiger partial charge in [0, 0.05) is 19.2 Å². The third-order valence-corrected chi connectivity index (χ3v) is 6.04. The second kappa shape index (κ2) is 8.19. The van der Waals surface area contributed by atoms with Gasteiger partial charge in [-0.3, -0.25) is 9.80 Å². The first-order valence-electron chi connectivity index (χ1n) is 10.8. The highest BCUT2D eigenvalue weighted by molar-refractivity contribution is 5.94. The van der Waals surface area contributed by atoms with Crippen LogP contribution in [0.15, 0.2) is 41.2 Å². The summed E-state index contributed by atoms with van der Waals surface area (Å²) >= 11 is 0. The summed E-state index contributed by atoms with van der Waals surface area (Å²) in [5.41, 5.74) is 1.55. The fourth-order valence-corrected chi connectivity index (χ4v) is 4.17.